The summed E-state index contributed by atoms with van der Waals surface area (Å²) < 4.78 is 15.1. The van der Waals surface area contributed by atoms with Crippen molar-refractivity contribution >= 4 is 0 Å². The number of aromatic nitrogens is 7. The molecule has 3 aromatic heterocycles. The van der Waals surface area contributed by atoms with Gasteiger partial charge in [0.05, 0.1) is 23.3 Å². The number of aryl methyl sites for hydroxylation is 2. The maximum absolute atomic E-state index is 13.3. The van der Waals surface area contributed by atoms with Crippen LogP contribution in [-0.4, -0.2) is 35.2 Å². The number of pyridine rings is 1. The fraction of sp³-hybridized carbons (Fsp3) is 0.118. The number of rotatable bonds is 5. The van der Waals surface area contributed by atoms with Gasteiger partial charge in [0.1, 0.15) is 5.82 Å². The van der Waals surface area contributed by atoms with Crippen molar-refractivity contribution in [3.05, 3.63) is 70.9 Å². The Morgan fingerprint density at radius 2 is 2.00 bits per heavy atom. The average Bonchev–Trinajstić information content (AvgIpc) is 3.31. The van der Waals surface area contributed by atoms with Gasteiger partial charge >= 0.3 is 0 Å². The molecule has 26 heavy (non-hydrogen) atoms. The molecule has 0 radical (unpaired) electrons. The molecule has 0 bridgehead atoms. The zero-order chi connectivity index (χ0) is 17.9. The number of aromatic amines is 2. The molecule has 0 aliphatic rings. The summed E-state index contributed by atoms with van der Waals surface area (Å²) in [4.78, 5) is 19.5. The molecule has 4 aromatic rings. The van der Waals surface area contributed by atoms with E-state index in [2.05, 4.69) is 30.6 Å². The van der Waals surface area contributed by atoms with Crippen molar-refractivity contribution in [1.82, 2.24) is 35.2 Å². The van der Waals surface area contributed by atoms with Gasteiger partial charge < -0.3 is 9.55 Å². The zero-order valence-corrected chi connectivity index (χ0v) is 13.6. The van der Waals surface area contributed by atoms with Gasteiger partial charge in [0.25, 0.3) is 5.56 Å². The van der Waals surface area contributed by atoms with Crippen LogP contribution in [0.5, 0.6) is 0 Å². The average molecular weight is 351 g/mol. The van der Waals surface area contributed by atoms with Crippen LogP contribution in [0.4, 0.5) is 4.39 Å². The number of H-pyrrole nitrogens is 2. The van der Waals surface area contributed by atoms with Crippen LogP contribution >= 0.6 is 0 Å². The van der Waals surface area contributed by atoms with Crippen LogP contribution in [0, 0.1) is 5.82 Å². The summed E-state index contributed by atoms with van der Waals surface area (Å²) in [5.41, 5.74) is 2.24. The summed E-state index contributed by atoms with van der Waals surface area (Å²) in [5, 5.41) is 13.8. The molecule has 9 heteroatoms. The maximum atomic E-state index is 13.3. The normalized spacial score (nSPS) is 11.0. The van der Waals surface area contributed by atoms with Gasteiger partial charge in [-0.1, -0.05) is 5.21 Å². The Labute approximate surface area is 146 Å². The molecule has 0 saturated heterocycles. The molecule has 0 saturated carbocycles. The van der Waals surface area contributed by atoms with E-state index in [1.54, 1.807) is 36.8 Å². The number of imidazole rings is 1. The van der Waals surface area contributed by atoms with Crippen molar-refractivity contribution in [2.75, 3.05) is 0 Å². The fourth-order valence-corrected chi connectivity index (χ4v) is 2.77. The first-order chi connectivity index (χ1) is 12.7. The quantitative estimate of drug-likeness (QED) is 0.570. The number of benzene rings is 1. The van der Waals surface area contributed by atoms with Crippen LogP contribution in [0.2, 0.25) is 0 Å². The van der Waals surface area contributed by atoms with Crippen LogP contribution in [0.25, 0.3) is 22.5 Å². The first-order valence-electron chi connectivity index (χ1n) is 7.94. The fourth-order valence-electron chi connectivity index (χ4n) is 2.77. The van der Waals surface area contributed by atoms with Gasteiger partial charge in [0.2, 0.25) is 0 Å². The number of nitrogens with one attached hydrogen (secondary N) is 2. The minimum atomic E-state index is -0.329. The largest absolute Gasteiger partial charge is 0.329 e. The van der Waals surface area contributed by atoms with Crippen LogP contribution < -0.4 is 5.56 Å². The maximum Gasteiger partial charge on any atom is 0.257 e. The van der Waals surface area contributed by atoms with Crippen LogP contribution in [0.1, 0.15) is 5.82 Å². The second-order valence-electron chi connectivity index (χ2n) is 5.63. The first-order valence-corrected chi connectivity index (χ1v) is 7.94. The molecule has 1 aromatic carbocycles. The van der Waals surface area contributed by atoms with Gasteiger partial charge in [-0.3, -0.25) is 4.79 Å². The molecule has 3 heterocycles. The molecule has 0 fully saturated rings. The monoisotopic (exact) mass is 351 g/mol. The highest BCUT2D eigenvalue weighted by Gasteiger charge is 2.18. The predicted octanol–water partition coefficient (Wildman–Crippen LogP) is 1.80. The van der Waals surface area contributed by atoms with E-state index in [-0.39, 0.29) is 11.4 Å². The van der Waals surface area contributed by atoms with Crippen molar-refractivity contribution in [3.8, 4) is 22.5 Å². The highest BCUT2D eigenvalue weighted by Crippen LogP contribution is 2.29. The van der Waals surface area contributed by atoms with E-state index < -0.39 is 0 Å². The minimum absolute atomic E-state index is 0.225. The lowest BCUT2D eigenvalue weighted by Gasteiger charge is -2.09. The Bertz CT molecular complexity index is 1070. The predicted molar refractivity (Wildman–Crippen MR) is 91.6 cm³/mol. The summed E-state index contributed by atoms with van der Waals surface area (Å²) >= 11 is 0. The summed E-state index contributed by atoms with van der Waals surface area (Å²) in [7, 11) is 0. The van der Waals surface area contributed by atoms with Gasteiger partial charge in [0, 0.05) is 24.7 Å². The second-order valence-corrected chi connectivity index (χ2v) is 5.63. The topological polar surface area (TPSA) is 105 Å². The van der Waals surface area contributed by atoms with Crippen molar-refractivity contribution in [3.63, 3.8) is 0 Å². The van der Waals surface area contributed by atoms with Crippen molar-refractivity contribution in [1.29, 1.82) is 0 Å². The lowest BCUT2D eigenvalue weighted by molar-refractivity contribution is 0.628. The third kappa shape index (κ3) is 3.02. The Morgan fingerprint density at radius 1 is 1.15 bits per heavy atom. The summed E-state index contributed by atoms with van der Waals surface area (Å²) in [6.45, 7) is 0.511. The molecule has 0 aliphatic heterocycles. The first kappa shape index (κ1) is 15.9. The van der Waals surface area contributed by atoms with Gasteiger partial charge in [-0.25, -0.2) is 9.37 Å². The Kier molecular flexibility index (Phi) is 4.10. The molecule has 130 valence electrons. The van der Waals surface area contributed by atoms with E-state index in [9.17, 15) is 9.18 Å². The van der Waals surface area contributed by atoms with Gasteiger partial charge in [-0.05, 0) is 36.4 Å². The van der Waals surface area contributed by atoms with E-state index >= 15 is 0 Å². The van der Waals surface area contributed by atoms with E-state index in [0.29, 0.717) is 35.7 Å². The van der Waals surface area contributed by atoms with Gasteiger partial charge in [0.15, 0.2) is 5.82 Å². The molecule has 0 amide bonds. The smallest absolute Gasteiger partial charge is 0.257 e. The molecule has 0 spiro atoms. The van der Waals surface area contributed by atoms with Crippen LogP contribution in [0.3, 0.4) is 0 Å². The SMILES string of the molecule is O=c1[nH]cccc1-c1c(-c2ccc(F)cc2)ncn1CCc1nn[nH]n1. The lowest BCUT2D eigenvalue weighted by atomic mass is 10.1. The molecule has 0 atom stereocenters. The summed E-state index contributed by atoms with van der Waals surface area (Å²) in [5.74, 6) is 0.236. The van der Waals surface area contributed by atoms with Crippen molar-refractivity contribution in [2.45, 2.75) is 13.0 Å². The Balaban J connectivity index is 1.80. The zero-order valence-electron chi connectivity index (χ0n) is 13.6. The lowest BCUT2D eigenvalue weighted by Crippen LogP contribution is -2.12. The van der Waals surface area contributed by atoms with E-state index in [4.69, 9.17) is 0 Å². The minimum Gasteiger partial charge on any atom is -0.329 e. The van der Waals surface area contributed by atoms with Crippen molar-refractivity contribution < 1.29 is 4.39 Å². The third-order valence-electron chi connectivity index (χ3n) is 3.99. The number of hydrogen-bond acceptors (Lipinski definition) is 5. The van der Waals surface area contributed by atoms with Gasteiger partial charge in [-0.15, -0.1) is 10.2 Å². The van der Waals surface area contributed by atoms with Crippen LogP contribution in [-0.2, 0) is 13.0 Å². The second kappa shape index (κ2) is 6.71. The number of tetrazole rings is 1. The summed E-state index contributed by atoms with van der Waals surface area (Å²) in [6.07, 6.45) is 3.75. The van der Waals surface area contributed by atoms with E-state index in [0.717, 1.165) is 5.56 Å². The molecule has 8 nitrogen and oxygen atoms in total. The van der Waals surface area contributed by atoms with Crippen LogP contribution in [0.15, 0.2) is 53.7 Å². The highest BCUT2D eigenvalue weighted by atomic mass is 19.1. The molecular weight excluding hydrogens is 337 g/mol. The summed E-state index contributed by atoms with van der Waals surface area (Å²) in [6, 6.07) is 9.50. The van der Waals surface area contributed by atoms with E-state index in [1.807, 2.05) is 4.57 Å². The highest BCUT2D eigenvalue weighted by molar-refractivity contribution is 5.78. The number of hydrogen-bond donors (Lipinski definition) is 2. The molecule has 2 N–H and O–H groups in total. The molecule has 4 rings (SSSR count). The Hall–Kier alpha value is -3.62. The molecule has 0 aliphatic carbocycles. The Morgan fingerprint density at radius 3 is 2.73 bits per heavy atom. The standard InChI is InChI=1S/C17H14FN7O/c18-12-5-3-11(4-6-12)15-16(13-2-1-8-19-17(13)26)25(10-20-15)9-7-14-21-23-24-22-14/h1-6,8,10H,7,9H2,(H,19,26)(H,21,22,23,24). The van der Waals surface area contributed by atoms with Gasteiger partial charge in [-0.2, -0.15) is 5.21 Å². The van der Waals surface area contributed by atoms with E-state index in [1.165, 1.54) is 12.1 Å². The number of halogens is 1. The molecule has 0 unspecified atom stereocenters. The van der Waals surface area contributed by atoms with Crippen molar-refractivity contribution in [2.24, 2.45) is 0 Å². The number of nitrogens with zero attached hydrogens (tertiary/aromatic N) is 5. The molecular formula is C17H14FN7O. The third-order valence-corrected chi connectivity index (χ3v) is 3.99.